The number of aromatic amines is 2. The van der Waals surface area contributed by atoms with Gasteiger partial charge in [-0.1, -0.05) is 25.3 Å². The number of rotatable bonds is 4. The van der Waals surface area contributed by atoms with E-state index in [0.717, 1.165) is 33.6 Å². The van der Waals surface area contributed by atoms with Crippen molar-refractivity contribution in [3.05, 3.63) is 53.6 Å². The summed E-state index contributed by atoms with van der Waals surface area (Å²) in [7, 11) is 3.10. The number of H-pyrrole nitrogens is 2. The fourth-order valence-electron chi connectivity index (χ4n) is 4.86. The van der Waals surface area contributed by atoms with E-state index in [-0.39, 0.29) is 5.97 Å². The van der Waals surface area contributed by atoms with E-state index in [9.17, 15) is 4.79 Å². The molecule has 0 atom stereocenters. The van der Waals surface area contributed by atoms with Gasteiger partial charge >= 0.3 is 5.97 Å². The molecule has 0 amide bonds. The van der Waals surface area contributed by atoms with Gasteiger partial charge in [0.25, 0.3) is 0 Å². The van der Waals surface area contributed by atoms with Gasteiger partial charge in [0.1, 0.15) is 5.75 Å². The molecule has 4 aromatic rings. The van der Waals surface area contributed by atoms with E-state index < -0.39 is 0 Å². The summed E-state index contributed by atoms with van der Waals surface area (Å²) in [5.41, 5.74) is 6.13. The number of carbonyl (C=O) groups is 1. The zero-order valence-electron chi connectivity index (χ0n) is 17.4. The van der Waals surface area contributed by atoms with Crippen molar-refractivity contribution < 1.29 is 14.3 Å². The van der Waals surface area contributed by atoms with Crippen molar-refractivity contribution >= 4 is 27.8 Å². The van der Waals surface area contributed by atoms with E-state index in [1.807, 2.05) is 24.3 Å². The van der Waals surface area contributed by atoms with Crippen molar-refractivity contribution in [1.82, 2.24) is 9.97 Å². The molecule has 154 valence electrons. The van der Waals surface area contributed by atoms with Gasteiger partial charge < -0.3 is 19.4 Å². The van der Waals surface area contributed by atoms with Crippen LogP contribution in [0.5, 0.6) is 5.75 Å². The Morgan fingerprint density at radius 2 is 1.77 bits per heavy atom. The van der Waals surface area contributed by atoms with E-state index in [0.29, 0.717) is 11.5 Å². The van der Waals surface area contributed by atoms with Gasteiger partial charge in [-0.15, -0.1) is 0 Å². The van der Waals surface area contributed by atoms with Crippen molar-refractivity contribution in [3.63, 3.8) is 0 Å². The second kappa shape index (κ2) is 7.56. The van der Waals surface area contributed by atoms with Gasteiger partial charge in [0.15, 0.2) is 0 Å². The molecule has 5 rings (SSSR count). The van der Waals surface area contributed by atoms with Gasteiger partial charge in [0, 0.05) is 27.9 Å². The maximum absolute atomic E-state index is 12.0. The van der Waals surface area contributed by atoms with Crippen molar-refractivity contribution in [1.29, 1.82) is 0 Å². The molecule has 0 saturated heterocycles. The first-order chi connectivity index (χ1) is 14.7. The van der Waals surface area contributed by atoms with E-state index in [1.54, 1.807) is 7.11 Å². The second-order valence-corrected chi connectivity index (χ2v) is 8.14. The molecule has 2 aromatic carbocycles. The van der Waals surface area contributed by atoms with Gasteiger partial charge in [-0.2, -0.15) is 0 Å². The van der Waals surface area contributed by atoms with Crippen LogP contribution in [-0.4, -0.2) is 30.2 Å². The van der Waals surface area contributed by atoms with Crippen LogP contribution in [0.1, 0.15) is 53.9 Å². The Morgan fingerprint density at radius 3 is 2.53 bits per heavy atom. The summed E-state index contributed by atoms with van der Waals surface area (Å²) in [6.45, 7) is 0. The predicted octanol–water partition coefficient (Wildman–Crippen LogP) is 6.16. The largest absolute Gasteiger partial charge is 0.497 e. The molecule has 5 nitrogen and oxygen atoms in total. The summed E-state index contributed by atoms with van der Waals surface area (Å²) in [5, 5.41) is 2.34. The van der Waals surface area contributed by atoms with Crippen molar-refractivity contribution in [2.75, 3.05) is 14.2 Å². The second-order valence-electron chi connectivity index (χ2n) is 8.14. The molecule has 2 N–H and O–H groups in total. The molecule has 2 heterocycles. The molecule has 0 bridgehead atoms. The Bertz CT molecular complexity index is 1230. The van der Waals surface area contributed by atoms with Crippen LogP contribution in [0, 0.1) is 0 Å². The number of methoxy groups -OCH3 is 2. The topological polar surface area (TPSA) is 67.1 Å². The number of nitrogens with one attached hydrogen (secondary N) is 2. The summed E-state index contributed by atoms with van der Waals surface area (Å²) in [5.74, 6) is 1.04. The molecular weight excluding hydrogens is 376 g/mol. The SMILES string of the molecule is COC(=O)c1ccc2c(C3CCCCC3)c(-c3cc4ccc(OC)cc4[nH]3)[nH]c2c1. The van der Waals surface area contributed by atoms with Gasteiger partial charge in [0.05, 0.1) is 31.2 Å². The van der Waals surface area contributed by atoms with E-state index in [4.69, 9.17) is 9.47 Å². The molecule has 2 aromatic heterocycles. The minimum atomic E-state index is -0.315. The highest BCUT2D eigenvalue weighted by atomic mass is 16.5. The molecule has 5 heteroatoms. The Kier molecular flexibility index (Phi) is 4.74. The number of ether oxygens (including phenoxy) is 2. The lowest BCUT2D eigenvalue weighted by Gasteiger charge is -2.22. The first-order valence-corrected chi connectivity index (χ1v) is 10.6. The summed E-state index contributed by atoms with van der Waals surface area (Å²) < 4.78 is 10.3. The molecule has 1 aliphatic rings. The van der Waals surface area contributed by atoms with Crippen molar-refractivity contribution in [3.8, 4) is 17.1 Å². The third-order valence-electron chi connectivity index (χ3n) is 6.37. The standard InChI is InChI=1S/C25H26N2O3/c1-29-18-10-8-16-12-22(26-20(16)14-18)24-23(15-6-4-3-5-7-15)19-11-9-17(25(28)30-2)13-21(19)27-24/h8-15,26-27H,3-7H2,1-2H3. The minimum absolute atomic E-state index is 0.315. The Hall–Kier alpha value is -3.21. The number of hydrogen-bond donors (Lipinski definition) is 2. The van der Waals surface area contributed by atoms with Gasteiger partial charge in [-0.25, -0.2) is 4.79 Å². The van der Waals surface area contributed by atoms with E-state index >= 15 is 0 Å². The fraction of sp³-hybridized carbons (Fsp3) is 0.320. The first kappa shape index (κ1) is 18.8. The van der Waals surface area contributed by atoms with Crippen LogP contribution in [-0.2, 0) is 4.74 Å². The smallest absolute Gasteiger partial charge is 0.337 e. The number of fused-ring (bicyclic) bond motifs is 2. The quantitative estimate of drug-likeness (QED) is 0.402. The van der Waals surface area contributed by atoms with Crippen LogP contribution in [0.4, 0.5) is 0 Å². The lowest BCUT2D eigenvalue weighted by atomic mass is 9.82. The Morgan fingerprint density at radius 1 is 0.933 bits per heavy atom. The zero-order valence-corrected chi connectivity index (χ0v) is 17.4. The summed E-state index contributed by atoms with van der Waals surface area (Å²) in [4.78, 5) is 19.2. The summed E-state index contributed by atoms with van der Waals surface area (Å²) in [6, 6.07) is 14.1. The molecule has 1 fully saturated rings. The highest BCUT2D eigenvalue weighted by Gasteiger charge is 2.25. The molecule has 0 unspecified atom stereocenters. The molecule has 0 radical (unpaired) electrons. The maximum Gasteiger partial charge on any atom is 0.337 e. The number of esters is 1. The van der Waals surface area contributed by atoms with E-state index in [1.165, 1.54) is 50.2 Å². The molecule has 1 aliphatic carbocycles. The average molecular weight is 402 g/mol. The van der Waals surface area contributed by atoms with Gasteiger partial charge in [-0.05, 0) is 54.7 Å². The van der Waals surface area contributed by atoms with Crippen molar-refractivity contribution in [2.45, 2.75) is 38.0 Å². The Balaban J connectivity index is 1.70. The summed E-state index contributed by atoms with van der Waals surface area (Å²) in [6.07, 6.45) is 6.24. The van der Waals surface area contributed by atoms with E-state index in [2.05, 4.69) is 28.2 Å². The van der Waals surface area contributed by atoms with Crippen LogP contribution in [0.25, 0.3) is 33.2 Å². The van der Waals surface area contributed by atoms with Crippen LogP contribution in [0.15, 0.2) is 42.5 Å². The van der Waals surface area contributed by atoms with Crippen LogP contribution in [0.3, 0.4) is 0 Å². The lowest BCUT2D eigenvalue weighted by molar-refractivity contribution is 0.0601. The normalized spacial score (nSPS) is 15.0. The maximum atomic E-state index is 12.0. The third kappa shape index (κ3) is 3.15. The first-order valence-electron chi connectivity index (χ1n) is 10.6. The van der Waals surface area contributed by atoms with Gasteiger partial charge in [-0.3, -0.25) is 0 Å². The number of benzene rings is 2. The molecular formula is C25H26N2O3. The fourth-order valence-corrected chi connectivity index (χ4v) is 4.86. The van der Waals surface area contributed by atoms with Gasteiger partial charge in [0.2, 0.25) is 0 Å². The monoisotopic (exact) mass is 402 g/mol. The number of aromatic nitrogens is 2. The molecule has 1 saturated carbocycles. The molecule has 0 aliphatic heterocycles. The average Bonchev–Trinajstić information content (AvgIpc) is 3.39. The highest BCUT2D eigenvalue weighted by Crippen LogP contribution is 2.42. The minimum Gasteiger partial charge on any atom is -0.497 e. The van der Waals surface area contributed by atoms with Crippen LogP contribution >= 0.6 is 0 Å². The molecule has 30 heavy (non-hydrogen) atoms. The summed E-state index contributed by atoms with van der Waals surface area (Å²) >= 11 is 0. The van der Waals surface area contributed by atoms with Crippen LogP contribution in [0.2, 0.25) is 0 Å². The third-order valence-corrected chi connectivity index (χ3v) is 6.37. The lowest BCUT2D eigenvalue weighted by Crippen LogP contribution is -2.05. The predicted molar refractivity (Wildman–Crippen MR) is 119 cm³/mol. The molecule has 0 spiro atoms. The zero-order chi connectivity index (χ0) is 20.7. The van der Waals surface area contributed by atoms with Crippen LogP contribution < -0.4 is 4.74 Å². The number of hydrogen-bond acceptors (Lipinski definition) is 3. The Labute approximate surface area is 175 Å². The highest BCUT2D eigenvalue weighted by molar-refractivity contribution is 5.99. The number of carbonyl (C=O) groups excluding carboxylic acids is 1. The van der Waals surface area contributed by atoms with Crippen molar-refractivity contribution in [2.24, 2.45) is 0 Å².